The maximum atomic E-state index is 6.03. The molecule has 1 aliphatic carbocycles. The van der Waals surface area contributed by atoms with Crippen LogP contribution in [0.5, 0.6) is 0 Å². The standard InChI is InChI=1S/C14H28N2/c1-4-10-16(13(2)3)12-14(11-15)8-6-5-7-9-14/h4,13H,1,5-12,15H2,2-3H3. The first-order valence-corrected chi connectivity index (χ1v) is 6.68. The number of hydrogen-bond acceptors (Lipinski definition) is 2. The van der Waals surface area contributed by atoms with E-state index >= 15 is 0 Å². The van der Waals surface area contributed by atoms with Crippen molar-refractivity contribution in [3.05, 3.63) is 12.7 Å². The summed E-state index contributed by atoms with van der Waals surface area (Å²) in [4.78, 5) is 2.51. The lowest BCUT2D eigenvalue weighted by molar-refractivity contribution is 0.0998. The fourth-order valence-corrected chi connectivity index (χ4v) is 2.78. The van der Waals surface area contributed by atoms with Crippen LogP contribution in [0.15, 0.2) is 12.7 Å². The number of nitrogens with zero attached hydrogens (tertiary/aromatic N) is 1. The highest BCUT2D eigenvalue weighted by Gasteiger charge is 2.32. The Morgan fingerprint density at radius 3 is 2.38 bits per heavy atom. The van der Waals surface area contributed by atoms with Gasteiger partial charge in [0.05, 0.1) is 0 Å². The van der Waals surface area contributed by atoms with Crippen LogP contribution in [0.1, 0.15) is 46.0 Å². The van der Waals surface area contributed by atoms with Gasteiger partial charge in [0.25, 0.3) is 0 Å². The largest absolute Gasteiger partial charge is 0.330 e. The van der Waals surface area contributed by atoms with Gasteiger partial charge < -0.3 is 5.73 Å². The Bertz CT molecular complexity index is 205. The van der Waals surface area contributed by atoms with Gasteiger partial charge in [0.1, 0.15) is 0 Å². The van der Waals surface area contributed by atoms with E-state index in [0.717, 1.165) is 19.6 Å². The van der Waals surface area contributed by atoms with Gasteiger partial charge in [-0.1, -0.05) is 25.3 Å². The van der Waals surface area contributed by atoms with Gasteiger partial charge in [-0.15, -0.1) is 6.58 Å². The van der Waals surface area contributed by atoms with Crippen molar-refractivity contribution in [2.24, 2.45) is 11.1 Å². The van der Waals surface area contributed by atoms with Gasteiger partial charge in [0.15, 0.2) is 0 Å². The molecule has 0 aromatic heterocycles. The first kappa shape index (κ1) is 13.7. The molecule has 16 heavy (non-hydrogen) atoms. The molecule has 1 fully saturated rings. The minimum absolute atomic E-state index is 0.380. The van der Waals surface area contributed by atoms with E-state index in [1.165, 1.54) is 32.1 Å². The molecule has 1 aliphatic rings. The molecule has 2 heteroatoms. The van der Waals surface area contributed by atoms with Gasteiger partial charge in [0, 0.05) is 19.1 Å². The van der Waals surface area contributed by atoms with Gasteiger partial charge >= 0.3 is 0 Å². The third-order valence-corrected chi connectivity index (χ3v) is 3.98. The fraction of sp³-hybridized carbons (Fsp3) is 0.857. The third kappa shape index (κ3) is 3.60. The summed E-state index contributed by atoms with van der Waals surface area (Å²) < 4.78 is 0. The smallest absolute Gasteiger partial charge is 0.0163 e. The molecule has 0 heterocycles. The van der Waals surface area contributed by atoms with Crippen molar-refractivity contribution in [2.45, 2.75) is 52.0 Å². The van der Waals surface area contributed by atoms with E-state index in [1.54, 1.807) is 0 Å². The summed E-state index contributed by atoms with van der Waals surface area (Å²) in [6, 6.07) is 0.586. The number of hydrogen-bond donors (Lipinski definition) is 1. The SMILES string of the molecule is C=CCN(CC1(CN)CCCCC1)C(C)C. The lowest BCUT2D eigenvalue weighted by Crippen LogP contribution is -2.46. The molecule has 0 radical (unpaired) electrons. The molecule has 2 N–H and O–H groups in total. The molecule has 1 rings (SSSR count). The van der Waals surface area contributed by atoms with Crippen molar-refractivity contribution in [2.75, 3.05) is 19.6 Å². The normalized spacial score (nSPS) is 20.3. The molecule has 0 amide bonds. The van der Waals surface area contributed by atoms with Crippen LogP contribution < -0.4 is 5.73 Å². The lowest BCUT2D eigenvalue weighted by atomic mass is 9.73. The zero-order valence-electron chi connectivity index (χ0n) is 11.0. The molecule has 1 saturated carbocycles. The second-order valence-electron chi connectivity index (χ2n) is 5.58. The van der Waals surface area contributed by atoms with E-state index in [-0.39, 0.29) is 0 Å². The monoisotopic (exact) mass is 224 g/mol. The van der Waals surface area contributed by atoms with E-state index in [1.807, 2.05) is 6.08 Å². The van der Waals surface area contributed by atoms with Crippen LogP contribution in [0, 0.1) is 5.41 Å². The predicted octanol–water partition coefficient (Wildman–Crippen LogP) is 2.79. The Morgan fingerprint density at radius 1 is 1.31 bits per heavy atom. The molecular formula is C14H28N2. The summed E-state index contributed by atoms with van der Waals surface area (Å²) in [5.41, 5.74) is 6.41. The maximum absolute atomic E-state index is 6.03. The quantitative estimate of drug-likeness (QED) is 0.703. The number of rotatable bonds is 6. The molecule has 0 spiro atoms. The summed E-state index contributed by atoms with van der Waals surface area (Å²) >= 11 is 0. The Hall–Kier alpha value is -0.340. The van der Waals surface area contributed by atoms with E-state index in [4.69, 9.17) is 5.73 Å². The lowest BCUT2D eigenvalue weighted by Gasteiger charge is -2.41. The van der Waals surface area contributed by atoms with E-state index in [9.17, 15) is 0 Å². The highest BCUT2D eigenvalue weighted by Crippen LogP contribution is 2.36. The van der Waals surface area contributed by atoms with Gasteiger partial charge in [0.2, 0.25) is 0 Å². The van der Waals surface area contributed by atoms with Crippen LogP contribution in [0.2, 0.25) is 0 Å². The van der Waals surface area contributed by atoms with Crippen LogP contribution in [0.25, 0.3) is 0 Å². The van der Waals surface area contributed by atoms with Crippen molar-refractivity contribution < 1.29 is 0 Å². The number of nitrogens with two attached hydrogens (primary N) is 1. The minimum atomic E-state index is 0.380. The van der Waals surface area contributed by atoms with Gasteiger partial charge in [-0.25, -0.2) is 0 Å². The van der Waals surface area contributed by atoms with Gasteiger partial charge in [-0.05, 0) is 38.6 Å². The first-order valence-electron chi connectivity index (χ1n) is 6.68. The average Bonchev–Trinajstić information content (AvgIpc) is 2.29. The molecule has 0 aromatic carbocycles. The highest BCUT2D eigenvalue weighted by atomic mass is 15.1. The van der Waals surface area contributed by atoms with Crippen LogP contribution >= 0.6 is 0 Å². The van der Waals surface area contributed by atoms with Gasteiger partial charge in [-0.3, -0.25) is 4.90 Å². The Labute approximate surface area is 101 Å². The topological polar surface area (TPSA) is 29.3 Å². The molecule has 94 valence electrons. The predicted molar refractivity (Wildman–Crippen MR) is 71.5 cm³/mol. The van der Waals surface area contributed by atoms with Crippen LogP contribution in [-0.4, -0.2) is 30.6 Å². The molecular weight excluding hydrogens is 196 g/mol. The molecule has 0 aliphatic heterocycles. The minimum Gasteiger partial charge on any atom is -0.330 e. The van der Waals surface area contributed by atoms with Crippen molar-refractivity contribution in [3.8, 4) is 0 Å². The third-order valence-electron chi connectivity index (χ3n) is 3.98. The van der Waals surface area contributed by atoms with E-state index in [2.05, 4.69) is 25.3 Å². The Balaban J connectivity index is 2.61. The van der Waals surface area contributed by atoms with E-state index < -0.39 is 0 Å². The molecule has 0 saturated heterocycles. The van der Waals surface area contributed by atoms with Gasteiger partial charge in [-0.2, -0.15) is 0 Å². The maximum Gasteiger partial charge on any atom is 0.0163 e. The fourth-order valence-electron chi connectivity index (χ4n) is 2.78. The zero-order chi connectivity index (χ0) is 12.0. The molecule has 2 nitrogen and oxygen atoms in total. The summed E-state index contributed by atoms with van der Waals surface area (Å²) in [5, 5.41) is 0. The average molecular weight is 224 g/mol. The molecule has 0 unspecified atom stereocenters. The molecule has 0 atom stereocenters. The van der Waals surface area contributed by atoms with E-state index in [0.29, 0.717) is 11.5 Å². The molecule has 0 aromatic rings. The summed E-state index contributed by atoms with van der Waals surface area (Å²) in [6.45, 7) is 11.3. The van der Waals surface area contributed by atoms with Crippen LogP contribution in [-0.2, 0) is 0 Å². The second kappa shape index (κ2) is 6.41. The van der Waals surface area contributed by atoms with Crippen molar-refractivity contribution in [3.63, 3.8) is 0 Å². The second-order valence-corrected chi connectivity index (χ2v) is 5.58. The zero-order valence-corrected chi connectivity index (χ0v) is 11.0. The first-order chi connectivity index (χ1) is 7.63. The van der Waals surface area contributed by atoms with Crippen molar-refractivity contribution in [1.29, 1.82) is 0 Å². The summed E-state index contributed by atoms with van der Waals surface area (Å²) in [6.07, 6.45) is 8.74. The van der Waals surface area contributed by atoms with Crippen molar-refractivity contribution >= 4 is 0 Å². The summed E-state index contributed by atoms with van der Waals surface area (Å²) in [5.74, 6) is 0. The van der Waals surface area contributed by atoms with Crippen LogP contribution in [0.3, 0.4) is 0 Å². The Morgan fingerprint density at radius 2 is 1.94 bits per heavy atom. The summed E-state index contributed by atoms with van der Waals surface area (Å²) in [7, 11) is 0. The van der Waals surface area contributed by atoms with Crippen LogP contribution in [0.4, 0.5) is 0 Å². The highest BCUT2D eigenvalue weighted by molar-refractivity contribution is 4.89. The Kier molecular flexibility index (Phi) is 5.50. The molecule has 0 bridgehead atoms. The van der Waals surface area contributed by atoms with Crippen molar-refractivity contribution in [1.82, 2.24) is 4.90 Å².